The number of rotatable bonds is 5. The molecule has 1 aliphatic heterocycles. The van der Waals surface area contributed by atoms with Gasteiger partial charge in [-0.15, -0.1) is 0 Å². The second kappa shape index (κ2) is 5.96. The molecule has 0 spiro atoms. The molecule has 0 aromatic carbocycles. The molecule has 1 rings (SSSR count). The molecule has 0 radical (unpaired) electrons. The zero-order chi connectivity index (χ0) is 15.6. The van der Waals surface area contributed by atoms with E-state index in [9.17, 15) is 18.0 Å². The molecule has 0 aliphatic carbocycles. The lowest BCUT2D eigenvalue weighted by atomic mass is 10.1. The van der Waals surface area contributed by atoms with Gasteiger partial charge in [0, 0.05) is 18.6 Å². The molecule has 116 valence electrons. The van der Waals surface area contributed by atoms with E-state index in [4.69, 9.17) is 5.11 Å². The Hall–Kier alpha value is -1.35. The molecule has 1 fully saturated rings. The smallest absolute Gasteiger partial charge is 0.326 e. The summed E-state index contributed by atoms with van der Waals surface area (Å²) in [4.78, 5) is 24.2. The van der Waals surface area contributed by atoms with Crippen LogP contribution in [0.15, 0.2) is 0 Å². The Balaban J connectivity index is 2.57. The maximum atomic E-state index is 11.9. The van der Waals surface area contributed by atoms with Crippen molar-refractivity contribution in [3.05, 3.63) is 0 Å². The van der Waals surface area contributed by atoms with E-state index in [0.717, 1.165) is 6.26 Å². The molecule has 0 aromatic heterocycles. The Kier molecular flexibility index (Phi) is 4.98. The fourth-order valence-corrected chi connectivity index (χ4v) is 3.28. The highest BCUT2D eigenvalue weighted by Crippen LogP contribution is 2.17. The van der Waals surface area contributed by atoms with Crippen molar-refractivity contribution in [2.24, 2.45) is 0 Å². The quantitative estimate of drug-likeness (QED) is 0.637. The van der Waals surface area contributed by atoms with Gasteiger partial charge in [0.2, 0.25) is 10.0 Å². The molecule has 9 heteroatoms. The van der Waals surface area contributed by atoms with Gasteiger partial charge < -0.3 is 15.3 Å². The first-order valence-corrected chi connectivity index (χ1v) is 8.17. The number of carbonyl (C=O) groups excluding carboxylic acids is 1. The molecule has 0 unspecified atom stereocenters. The van der Waals surface area contributed by atoms with E-state index in [1.807, 2.05) is 0 Å². The number of carbonyl (C=O) groups is 2. The van der Waals surface area contributed by atoms with Crippen LogP contribution in [0, 0.1) is 0 Å². The topological polar surface area (TPSA) is 116 Å². The first-order valence-electron chi connectivity index (χ1n) is 6.28. The van der Waals surface area contributed by atoms with Crippen LogP contribution >= 0.6 is 0 Å². The number of amides is 2. The van der Waals surface area contributed by atoms with Gasteiger partial charge in [-0.3, -0.25) is 0 Å². The SMILES string of the molecule is CC(C)(CNC(=O)N1CCC[C@H]1C(=O)O)NS(C)(=O)=O. The van der Waals surface area contributed by atoms with Gasteiger partial charge in [-0.25, -0.2) is 22.7 Å². The highest BCUT2D eigenvalue weighted by Gasteiger charge is 2.34. The minimum atomic E-state index is -3.38. The molecule has 0 aromatic rings. The van der Waals surface area contributed by atoms with E-state index >= 15 is 0 Å². The van der Waals surface area contributed by atoms with E-state index in [1.54, 1.807) is 13.8 Å². The standard InChI is InChI=1S/C11H21N3O5S/c1-11(2,13-20(3,18)19)7-12-10(17)14-6-4-5-8(14)9(15)16/h8,13H,4-7H2,1-3H3,(H,12,17)(H,15,16)/t8-/m0/s1. The highest BCUT2D eigenvalue weighted by atomic mass is 32.2. The molecule has 0 bridgehead atoms. The number of aliphatic carboxylic acids is 1. The lowest BCUT2D eigenvalue weighted by Gasteiger charge is -2.28. The number of urea groups is 1. The maximum Gasteiger partial charge on any atom is 0.326 e. The fourth-order valence-electron chi connectivity index (χ4n) is 2.20. The summed E-state index contributed by atoms with van der Waals surface area (Å²) in [6.45, 7) is 3.73. The summed E-state index contributed by atoms with van der Waals surface area (Å²) in [6.07, 6.45) is 2.13. The molecule has 3 N–H and O–H groups in total. The van der Waals surface area contributed by atoms with Gasteiger partial charge in [0.05, 0.1) is 6.26 Å². The molecular weight excluding hydrogens is 286 g/mol. The maximum absolute atomic E-state index is 11.9. The Morgan fingerprint density at radius 2 is 2.00 bits per heavy atom. The van der Waals surface area contributed by atoms with E-state index in [0.29, 0.717) is 19.4 Å². The number of likely N-dealkylation sites (tertiary alicyclic amines) is 1. The van der Waals surface area contributed by atoms with Crippen LogP contribution in [0.4, 0.5) is 4.79 Å². The normalized spacial score (nSPS) is 19.9. The molecule has 1 saturated heterocycles. The second-order valence-electron chi connectivity index (χ2n) is 5.61. The lowest BCUT2D eigenvalue weighted by Crippen LogP contribution is -2.54. The van der Waals surface area contributed by atoms with E-state index in [-0.39, 0.29) is 6.54 Å². The summed E-state index contributed by atoms with van der Waals surface area (Å²) in [5.74, 6) is -1.02. The molecule has 1 aliphatic rings. The van der Waals surface area contributed by atoms with E-state index < -0.39 is 33.6 Å². The number of sulfonamides is 1. The van der Waals surface area contributed by atoms with Gasteiger partial charge in [-0.05, 0) is 26.7 Å². The van der Waals surface area contributed by atoms with Crippen LogP contribution in [0.2, 0.25) is 0 Å². The predicted molar refractivity (Wildman–Crippen MR) is 72.8 cm³/mol. The minimum absolute atomic E-state index is 0.0712. The summed E-state index contributed by atoms with van der Waals surface area (Å²) in [5.41, 5.74) is -0.846. The van der Waals surface area contributed by atoms with Crippen molar-refractivity contribution in [1.82, 2.24) is 14.9 Å². The number of carboxylic acid groups (broad SMARTS) is 1. The van der Waals surface area contributed by atoms with Crippen LogP contribution in [0.25, 0.3) is 0 Å². The summed E-state index contributed by atoms with van der Waals surface area (Å²) in [7, 11) is -3.38. The third-order valence-corrected chi connectivity index (χ3v) is 3.87. The van der Waals surface area contributed by atoms with Crippen LogP contribution in [0.5, 0.6) is 0 Å². The molecule has 0 saturated carbocycles. The number of hydrogen-bond acceptors (Lipinski definition) is 4. The van der Waals surface area contributed by atoms with Gasteiger partial charge in [0.25, 0.3) is 0 Å². The Bertz CT molecular complexity index is 488. The first-order chi connectivity index (χ1) is 9.02. The molecule has 8 nitrogen and oxygen atoms in total. The zero-order valence-electron chi connectivity index (χ0n) is 11.8. The van der Waals surface area contributed by atoms with Crippen molar-refractivity contribution in [2.75, 3.05) is 19.3 Å². The van der Waals surface area contributed by atoms with Crippen LogP contribution in [0.3, 0.4) is 0 Å². The molecule has 2 amide bonds. The van der Waals surface area contributed by atoms with Gasteiger partial charge in [0.1, 0.15) is 6.04 Å². The van der Waals surface area contributed by atoms with Crippen molar-refractivity contribution in [2.45, 2.75) is 38.3 Å². The van der Waals surface area contributed by atoms with Crippen molar-refractivity contribution in [1.29, 1.82) is 0 Å². The Morgan fingerprint density at radius 3 is 2.50 bits per heavy atom. The van der Waals surface area contributed by atoms with Gasteiger partial charge >= 0.3 is 12.0 Å². The zero-order valence-corrected chi connectivity index (χ0v) is 12.7. The molecule has 20 heavy (non-hydrogen) atoms. The van der Waals surface area contributed by atoms with Crippen LogP contribution < -0.4 is 10.0 Å². The summed E-state index contributed by atoms with van der Waals surface area (Å²) < 4.78 is 24.8. The predicted octanol–water partition coefficient (Wildman–Crippen LogP) is -0.427. The largest absolute Gasteiger partial charge is 0.480 e. The van der Waals surface area contributed by atoms with E-state index in [2.05, 4.69) is 10.0 Å². The lowest BCUT2D eigenvalue weighted by molar-refractivity contribution is -0.141. The third kappa shape index (κ3) is 4.97. The van der Waals surface area contributed by atoms with Crippen molar-refractivity contribution >= 4 is 22.0 Å². The van der Waals surface area contributed by atoms with Crippen LogP contribution in [-0.2, 0) is 14.8 Å². The van der Waals surface area contributed by atoms with Crippen molar-refractivity contribution < 1.29 is 23.1 Å². The summed E-state index contributed by atoms with van der Waals surface area (Å²) in [6, 6.07) is -1.29. The minimum Gasteiger partial charge on any atom is -0.480 e. The number of hydrogen-bond donors (Lipinski definition) is 3. The third-order valence-electron chi connectivity index (χ3n) is 2.94. The average molecular weight is 307 g/mol. The van der Waals surface area contributed by atoms with Gasteiger partial charge in [-0.2, -0.15) is 0 Å². The molecule has 1 heterocycles. The second-order valence-corrected chi connectivity index (χ2v) is 7.35. The van der Waals surface area contributed by atoms with Crippen LogP contribution in [0.1, 0.15) is 26.7 Å². The summed E-state index contributed by atoms with van der Waals surface area (Å²) >= 11 is 0. The summed E-state index contributed by atoms with van der Waals surface area (Å²) in [5, 5.41) is 11.6. The Labute approximate surface area is 118 Å². The number of carboxylic acids is 1. The Morgan fingerprint density at radius 1 is 1.40 bits per heavy atom. The van der Waals surface area contributed by atoms with Crippen LogP contribution in [-0.4, -0.2) is 61.4 Å². The molecular formula is C11H21N3O5S. The fraction of sp³-hybridized carbons (Fsp3) is 0.818. The van der Waals surface area contributed by atoms with Gasteiger partial charge in [-0.1, -0.05) is 0 Å². The highest BCUT2D eigenvalue weighted by molar-refractivity contribution is 7.88. The monoisotopic (exact) mass is 307 g/mol. The van der Waals surface area contributed by atoms with Crippen molar-refractivity contribution in [3.8, 4) is 0 Å². The first kappa shape index (κ1) is 16.7. The number of nitrogens with zero attached hydrogens (tertiary/aromatic N) is 1. The van der Waals surface area contributed by atoms with Gasteiger partial charge in [0.15, 0.2) is 0 Å². The number of nitrogens with one attached hydrogen (secondary N) is 2. The van der Waals surface area contributed by atoms with E-state index in [1.165, 1.54) is 4.90 Å². The average Bonchev–Trinajstić information content (AvgIpc) is 2.71. The van der Waals surface area contributed by atoms with Crippen molar-refractivity contribution in [3.63, 3.8) is 0 Å². The molecule has 1 atom stereocenters.